The van der Waals surface area contributed by atoms with Gasteiger partial charge in [0.05, 0.1) is 13.2 Å². The van der Waals surface area contributed by atoms with Gasteiger partial charge in [-0.1, -0.05) is 20.3 Å². The van der Waals surface area contributed by atoms with Crippen molar-refractivity contribution in [3.05, 3.63) is 0 Å². The summed E-state index contributed by atoms with van der Waals surface area (Å²) in [5, 5.41) is 14.2. The Kier molecular flexibility index (Phi) is 6.41. The number of hydrogen-bond donors (Lipinski definition) is 3. The molecule has 1 heterocycles. The van der Waals surface area contributed by atoms with E-state index in [9.17, 15) is 19.5 Å². The number of rotatable bonds is 5. The van der Waals surface area contributed by atoms with Gasteiger partial charge in [-0.05, 0) is 5.92 Å². The molecule has 8 nitrogen and oxygen atoms in total. The van der Waals surface area contributed by atoms with E-state index in [-0.39, 0.29) is 25.0 Å². The molecule has 3 N–H and O–H groups in total. The number of nitrogens with one attached hydrogen (secondary N) is 2. The molecule has 21 heavy (non-hydrogen) atoms. The Morgan fingerprint density at radius 2 is 2.10 bits per heavy atom. The molecule has 0 saturated carbocycles. The molecule has 3 unspecified atom stereocenters. The lowest BCUT2D eigenvalue weighted by atomic mass is 9.99. The van der Waals surface area contributed by atoms with Crippen LogP contribution in [0.3, 0.4) is 0 Å². The van der Waals surface area contributed by atoms with Crippen LogP contribution in [0, 0.1) is 5.92 Å². The number of nitrogens with zero attached hydrogens (tertiary/aromatic N) is 1. The maximum Gasteiger partial charge on any atom is 0.326 e. The van der Waals surface area contributed by atoms with E-state index in [2.05, 4.69) is 10.6 Å². The number of carbonyl (C=O) groups excluding carboxylic acids is 2. The minimum atomic E-state index is -1.08. The van der Waals surface area contributed by atoms with Crippen molar-refractivity contribution in [2.75, 3.05) is 26.8 Å². The molecule has 0 aromatic rings. The van der Waals surface area contributed by atoms with E-state index in [0.717, 1.165) is 0 Å². The third kappa shape index (κ3) is 4.32. The molecular formula is C13H23N3O5. The first-order valence-corrected chi connectivity index (χ1v) is 7.01. The van der Waals surface area contributed by atoms with Crippen LogP contribution in [-0.2, 0) is 14.3 Å². The Morgan fingerprint density at radius 1 is 1.43 bits per heavy atom. The Hall–Kier alpha value is -1.83. The van der Waals surface area contributed by atoms with Gasteiger partial charge in [0, 0.05) is 13.6 Å². The van der Waals surface area contributed by atoms with Gasteiger partial charge in [0.1, 0.15) is 12.1 Å². The zero-order valence-corrected chi connectivity index (χ0v) is 12.6. The summed E-state index contributed by atoms with van der Waals surface area (Å²) in [6.45, 7) is 4.29. The largest absolute Gasteiger partial charge is 0.480 e. The minimum Gasteiger partial charge on any atom is -0.480 e. The molecule has 0 aromatic heterocycles. The second-order valence-electron chi connectivity index (χ2n) is 5.05. The van der Waals surface area contributed by atoms with E-state index >= 15 is 0 Å². The summed E-state index contributed by atoms with van der Waals surface area (Å²) in [4.78, 5) is 36.6. The van der Waals surface area contributed by atoms with Crippen LogP contribution in [-0.4, -0.2) is 66.8 Å². The highest BCUT2D eigenvalue weighted by atomic mass is 16.5. The molecule has 3 atom stereocenters. The molecule has 0 bridgehead atoms. The Morgan fingerprint density at radius 3 is 2.62 bits per heavy atom. The van der Waals surface area contributed by atoms with Gasteiger partial charge in [-0.3, -0.25) is 4.79 Å². The van der Waals surface area contributed by atoms with Gasteiger partial charge in [-0.15, -0.1) is 0 Å². The van der Waals surface area contributed by atoms with E-state index < -0.39 is 24.1 Å². The average molecular weight is 301 g/mol. The Bertz CT molecular complexity index is 401. The van der Waals surface area contributed by atoms with E-state index in [4.69, 9.17) is 4.74 Å². The van der Waals surface area contributed by atoms with Gasteiger partial charge in [-0.2, -0.15) is 0 Å². The number of aliphatic carboxylic acids is 1. The molecule has 8 heteroatoms. The van der Waals surface area contributed by atoms with Crippen LogP contribution in [0.25, 0.3) is 0 Å². The molecule has 1 aliphatic rings. The number of urea groups is 1. The highest BCUT2D eigenvalue weighted by molar-refractivity contribution is 5.89. The predicted molar refractivity (Wildman–Crippen MR) is 74.8 cm³/mol. The molecule has 0 aliphatic carbocycles. The summed E-state index contributed by atoms with van der Waals surface area (Å²) in [5.74, 6) is -1.62. The van der Waals surface area contributed by atoms with Crippen LogP contribution in [0.1, 0.15) is 20.3 Å². The Balaban J connectivity index is 2.79. The lowest BCUT2D eigenvalue weighted by Gasteiger charge is -2.35. The van der Waals surface area contributed by atoms with E-state index in [1.54, 1.807) is 6.92 Å². The molecule has 3 amide bonds. The number of carbonyl (C=O) groups is 3. The van der Waals surface area contributed by atoms with Crippen LogP contribution in [0.4, 0.5) is 4.79 Å². The monoisotopic (exact) mass is 301 g/mol. The molecule has 1 rings (SSSR count). The third-order valence-corrected chi connectivity index (χ3v) is 3.70. The van der Waals surface area contributed by atoms with Crippen molar-refractivity contribution in [3.63, 3.8) is 0 Å². The Labute approximate surface area is 123 Å². The van der Waals surface area contributed by atoms with E-state index in [0.29, 0.717) is 13.0 Å². The minimum absolute atomic E-state index is 0.105. The van der Waals surface area contributed by atoms with Gasteiger partial charge >= 0.3 is 12.0 Å². The number of amides is 3. The first-order chi connectivity index (χ1) is 9.92. The number of ether oxygens (including phenoxy) is 1. The normalized spacial score (nSPS) is 21.3. The van der Waals surface area contributed by atoms with Gasteiger partial charge in [0.2, 0.25) is 5.91 Å². The fourth-order valence-corrected chi connectivity index (χ4v) is 2.13. The van der Waals surface area contributed by atoms with Crippen LogP contribution in [0.5, 0.6) is 0 Å². The number of hydrogen-bond acceptors (Lipinski definition) is 4. The molecule has 1 aliphatic heterocycles. The maximum atomic E-state index is 12.3. The highest BCUT2D eigenvalue weighted by Crippen LogP contribution is 2.11. The van der Waals surface area contributed by atoms with Crippen LogP contribution in [0.2, 0.25) is 0 Å². The summed E-state index contributed by atoms with van der Waals surface area (Å²) >= 11 is 0. The standard InChI is InChI=1S/C13H23N3O5/c1-4-8(2)10(12(18)19)15-13(20)16-5-6-21-7-9(16)11(17)14-3/h8-10H,4-7H2,1-3H3,(H,14,17)(H,15,20)(H,18,19). The summed E-state index contributed by atoms with van der Waals surface area (Å²) in [6.07, 6.45) is 0.624. The number of carboxylic acids is 1. The summed E-state index contributed by atoms with van der Waals surface area (Å²) < 4.78 is 5.21. The van der Waals surface area contributed by atoms with Gasteiger partial charge < -0.3 is 25.4 Å². The first-order valence-electron chi connectivity index (χ1n) is 7.01. The third-order valence-electron chi connectivity index (χ3n) is 3.70. The van der Waals surface area contributed by atoms with Crippen molar-refractivity contribution in [1.29, 1.82) is 0 Å². The van der Waals surface area contributed by atoms with Gasteiger partial charge in [0.25, 0.3) is 0 Å². The quantitative estimate of drug-likeness (QED) is 0.643. The van der Waals surface area contributed by atoms with Crippen LogP contribution in [0.15, 0.2) is 0 Å². The van der Waals surface area contributed by atoms with Crippen LogP contribution >= 0.6 is 0 Å². The summed E-state index contributed by atoms with van der Waals surface area (Å²) in [7, 11) is 1.48. The lowest BCUT2D eigenvalue weighted by molar-refractivity contribution is -0.140. The van der Waals surface area contributed by atoms with E-state index in [1.165, 1.54) is 11.9 Å². The first kappa shape index (κ1) is 17.2. The zero-order chi connectivity index (χ0) is 16.0. The lowest BCUT2D eigenvalue weighted by Crippen LogP contribution is -2.60. The number of morpholine rings is 1. The van der Waals surface area contributed by atoms with Gasteiger partial charge in [-0.25, -0.2) is 9.59 Å². The second-order valence-corrected chi connectivity index (χ2v) is 5.05. The molecule has 0 spiro atoms. The number of likely N-dealkylation sites (N-methyl/N-ethyl adjacent to an activating group) is 1. The van der Waals surface area contributed by atoms with Crippen molar-refractivity contribution in [2.24, 2.45) is 5.92 Å². The molecule has 0 radical (unpaired) electrons. The SMILES string of the molecule is CCC(C)C(NC(=O)N1CCOCC1C(=O)NC)C(=O)O. The summed E-state index contributed by atoms with van der Waals surface area (Å²) in [6, 6.07) is -2.27. The smallest absolute Gasteiger partial charge is 0.326 e. The molecule has 0 aromatic carbocycles. The van der Waals surface area contributed by atoms with Gasteiger partial charge in [0.15, 0.2) is 0 Å². The average Bonchev–Trinajstić information content (AvgIpc) is 2.50. The van der Waals surface area contributed by atoms with Crippen molar-refractivity contribution >= 4 is 17.9 Å². The topological polar surface area (TPSA) is 108 Å². The highest BCUT2D eigenvalue weighted by Gasteiger charge is 2.35. The van der Waals surface area contributed by atoms with Crippen molar-refractivity contribution in [1.82, 2.24) is 15.5 Å². The van der Waals surface area contributed by atoms with E-state index in [1.807, 2.05) is 6.92 Å². The maximum absolute atomic E-state index is 12.3. The molecule has 1 saturated heterocycles. The predicted octanol–water partition coefficient (Wildman–Crippen LogP) is -0.358. The molecular weight excluding hydrogens is 278 g/mol. The van der Waals surface area contributed by atoms with Crippen molar-refractivity contribution < 1.29 is 24.2 Å². The van der Waals surface area contributed by atoms with Crippen molar-refractivity contribution in [2.45, 2.75) is 32.4 Å². The fourth-order valence-electron chi connectivity index (χ4n) is 2.13. The fraction of sp³-hybridized carbons (Fsp3) is 0.769. The second kappa shape index (κ2) is 7.82. The molecule has 120 valence electrons. The number of carboxylic acid groups (broad SMARTS) is 1. The van der Waals surface area contributed by atoms with Crippen LogP contribution < -0.4 is 10.6 Å². The van der Waals surface area contributed by atoms with Crippen molar-refractivity contribution in [3.8, 4) is 0 Å². The molecule has 1 fully saturated rings. The summed E-state index contributed by atoms with van der Waals surface area (Å²) in [5.41, 5.74) is 0. The zero-order valence-electron chi connectivity index (χ0n) is 12.6.